The lowest BCUT2D eigenvalue weighted by molar-refractivity contribution is -0.608. The molecule has 0 aliphatic carbocycles. The van der Waals surface area contributed by atoms with E-state index in [-0.39, 0.29) is 11.3 Å². The average molecular weight is 336 g/mol. The second-order valence-corrected chi connectivity index (χ2v) is 4.94. The number of halogens is 2. The molecule has 0 bridgehead atoms. The van der Waals surface area contributed by atoms with Crippen molar-refractivity contribution in [3.8, 4) is 0 Å². The van der Waals surface area contributed by atoms with Crippen LogP contribution in [0.4, 0.5) is 8.78 Å². The minimum absolute atomic E-state index is 0.0940. The van der Waals surface area contributed by atoms with Gasteiger partial charge in [-0.3, -0.25) is 4.79 Å². The third kappa shape index (κ3) is 4.25. The lowest BCUT2D eigenvalue weighted by atomic mass is 10.1. The number of carbonyl (C=O) groups excluding carboxylic acids is 2. The van der Waals surface area contributed by atoms with Gasteiger partial charge in [-0.1, -0.05) is 6.07 Å². The van der Waals surface area contributed by atoms with Crippen LogP contribution in [0.25, 0.3) is 0 Å². The quantitative estimate of drug-likeness (QED) is 0.511. The summed E-state index contributed by atoms with van der Waals surface area (Å²) < 4.78 is 31.5. The highest BCUT2D eigenvalue weighted by atomic mass is 19.1. The number of carbonyl (C=O) groups is 2. The molecule has 24 heavy (non-hydrogen) atoms. The summed E-state index contributed by atoms with van der Waals surface area (Å²) in [5.41, 5.74) is -0.167. The van der Waals surface area contributed by atoms with Crippen LogP contribution in [0.5, 0.6) is 0 Å². The monoisotopic (exact) mass is 336 g/mol. The molecule has 0 spiro atoms. The zero-order chi connectivity index (χ0) is 17.7. The van der Waals surface area contributed by atoms with Gasteiger partial charge >= 0.3 is 11.7 Å². The lowest BCUT2D eigenvalue weighted by Crippen LogP contribution is -2.36. The zero-order valence-corrected chi connectivity index (χ0v) is 12.7. The molecule has 0 aliphatic heterocycles. The third-order valence-electron chi connectivity index (χ3n) is 3.17. The van der Waals surface area contributed by atoms with Gasteiger partial charge in [-0.2, -0.15) is 4.73 Å². The number of hydrogen-bond donors (Lipinski definition) is 1. The van der Waals surface area contributed by atoms with Gasteiger partial charge in [-0.05, 0) is 19.1 Å². The van der Waals surface area contributed by atoms with Crippen LogP contribution in [0.3, 0.4) is 0 Å². The summed E-state index contributed by atoms with van der Waals surface area (Å²) in [6, 6.07) is 6.41. The Morgan fingerprint density at radius 3 is 2.71 bits per heavy atom. The molecule has 6 nitrogen and oxygen atoms in total. The van der Waals surface area contributed by atoms with E-state index in [2.05, 4.69) is 5.32 Å². The smallest absolute Gasteiger partial charge is 0.405 e. The van der Waals surface area contributed by atoms with Gasteiger partial charge in [0.2, 0.25) is 0 Å². The van der Waals surface area contributed by atoms with E-state index >= 15 is 0 Å². The Hall–Kier alpha value is -3.03. The molecule has 126 valence electrons. The first kappa shape index (κ1) is 17.3. The molecule has 8 heteroatoms. The molecule has 2 rings (SSSR count). The molecule has 0 saturated carbocycles. The Kier molecular flexibility index (Phi) is 5.41. The van der Waals surface area contributed by atoms with Gasteiger partial charge in [0.1, 0.15) is 11.6 Å². The third-order valence-corrected chi connectivity index (χ3v) is 3.17. The molecular weight excluding hydrogens is 322 g/mol. The Morgan fingerprint density at radius 1 is 1.29 bits per heavy atom. The zero-order valence-electron chi connectivity index (χ0n) is 12.7. The largest absolute Gasteiger partial charge is 0.618 e. The van der Waals surface area contributed by atoms with Gasteiger partial charge < -0.3 is 15.3 Å². The average Bonchev–Trinajstić information content (AvgIpc) is 2.52. The lowest BCUT2D eigenvalue weighted by Gasteiger charge is -2.15. The molecule has 1 heterocycles. The molecule has 1 atom stereocenters. The van der Waals surface area contributed by atoms with Gasteiger partial charge in [0.05, 0.1) is 6.04 Å². The first-order chi connectivity index (χ1) is 11.4. The topological polar surface area (TPSA) is 82.3 Å². The van der Waals surface area contributed by atoms with E-state index in [9.17, 15) is 23.6 Å². The Morgan fingerprint density at radius 2 is 2.04 bits per heavy atom. The summed E-state index contributed by atoms with van der Waals surface area (Å²) in [6.07, 6.45) is 1.12. The SMILES string of the molecule is C[C@@H](NC(=O)COC(=O)c1cccc[n+]1[O-])c1ccc(F)cc1F. The van der Waals surface area contributed by atoms with E-state index in [0.717, 1.165) is 12.3 Å². The minimum atomic E-state index is -0.957. The maximum atomic E-state index is 13.6. The second-order valence-electron chi connectivity index (χ2n) is 4.94. The highest BCUT2D eigenvalue weighted by molar-refractivity contribution is 5.88. The Bertz CT molecular complexity index is 767. The summed E-state index contributed by atoms with van der Waals surface area (Å²) in [5, 5.41) is 13.8. The number of hydrogen-bond acceptors (Lipinski definition) is 4. The van der Waals surface area contributed by atoms with Crippen LogP contribution in [0.15, 0.2) is 42.6 Å². The second kappa shape index (κ2) is 7.49. The molecule has 0 aliphatic rings. The number of pyridine rings is 1. The van der Waals surface area contributed by atoms with E-state index in [1.807, 2.05) is 0 Å². The number of benzene rings is 1. The number of amides is 1. The van der Waals surface area contributed by atoms with E-state index in [4.69, 9.17) is 4.74 Å². The first-order valence-corrected chi connectivity index (χ1v) is 6.98. The molecule has 1 aromatic carbocycles. The maximum absolute atomic E-state index is 13.6. The van der Waals surface area contributed by atoms with Crippen molar-refractivity contribution in [1.82, 2.24) is 5.32 Å². The Balaban J connectivity index is 1.91. The van der Waals surface area contributed by atoms with Crippen LogP contribution in [0.2, 0.25) is 0 Å². The van der Waals surface area contributed by atoms with Crippen molar-refractivity contribution in [3.63, 3.8) is 0 Å². The predicted molar refractivity (Wildman–Crippen MR) is 78.6 cm³/mol. The molecule has 0 saturated heterocycles. The fourth-order valence-electron chi connectivity index (χ4n) is 2.00. The van der Waals surface area contributed by atoms with Gasteiger partial charge in [0.25, 0.3) is 5.91 Å². The van der Waals surface area contributed by atoms with E-state index < -0.39 is 36.2 Å². The van der Waals surface area contributed by atoms with E-state index in [0.29, 0.717) is 10.8 Å². The molecular formula is C16H14F2N2O4. The maximum Gasteiger partial charge on any atom is 0.405 e. The fraction of sp³-hybridized carbons (Fsp3) is 0.188. The molecule has 1 aromatic heterocycles. The molecule has 0 radical (unpaired) electrons. The van der Waals surface area contributed by atoms with Crippen LogP contribution < -0.4 is 10.0 Å². The highest BCUT2D eigenvalue weighted by Crippen LogP contribution is 2.17. The summed E-state index contributed by atoms with van der Waals surface area (Å²) in [7, 11) is 0. The molecule has 1 N–H and O–H groups in total. The van der Waals surface area contributed by atoms with Crippen LogP contribution in [-0.2, 0) is 9.53 Å². The summed E-state index contributed by atoms with van der Waals surface area (Å²) in [5.74, 6) is -3.16. The van der Waals surface area contributed by atoms with E-state index in [1.54, 1.807) is 0 Å². The van der Waals surface area contributed by atoms with Gasteiger partial charge in [0, 0.05) is 23.8 Å². The standard InChI is InChI=1S/C16H14F2N2O4/c1-10(12-6-5-11(17)8-13(12)18)19-15(21)9-24-16(22)14-4-2-3-7-20(14)23/h2-8,10H,9H2,1H3,(H,19,21)/t10-/m1/s1. The van der Waals surface area contributed by atoms with Crippen LogP contribution in [0, 0.1) is 16.8 Å². The number of nitrogens with one attached hydrogen (secondary N) is 1. The van der Waals surface area contributed by atoms with Crippen molar-refractivity contribution >= 4 is 11.9 Å². The van der Waals surface area contributed by atoms with Crippen molar-refractivity contribution in [1.29, 1.82) is 0 Å². The molecule has 0 unspecified atom stereocenters. The van der Waals surface area contributed by atoms with Crippen molar-refractivity contribution in [2.24, 2.45) is 0 Å². The van der Waals surface area contributed by atoms with Gasteiger partial charge in [-0.25, -0.2) is 13.6 Å². The van der Waals surface area contributed by atoms with Crippen molar-refractivity contribution in [2.75, 3.05) is 6.61 Å². The normalized spacial score (nSPS) is 11.6. The van der Waals surface area contributed by atoms with Crippen molar-refractivity contribution in [2.45, 2.75) is 13.0 Å². The predicted octanol–water partition coefficient (Wildman–Crippen LogP) is 1.63. The Labute approximate surface area is 136 Å². The van der Waals surface area contributed by atoms with E-state index in [1.165, 1.54) is 31.2 Å². The number of ether oxygens (including phenoxy) is 1. The van der Waals surface area contributed by atoms with Crippen LogP contribution in [0.1, 0.15) is 29.0 Å². The van der Waals surface area contributed by atoms with Crippen molar-refractivity contribution in [3.05, 3.63) is 70.7 Å². The fourth-order valence-corrected chi connectivity index (χ4v) is 2.00. The molecule has 0 fully saturated rings. The molecule has 1 amide bonds. The summed E-state index contributed by atoms with van der Waals surface area (Å²) >= 11 is 0. The summed E-state index contributed by atoms with van der Waals surface area (Å²) in [6.45, 7) is 0.861. The van der Waals surface area contributed by atoms with Gasteiger partial charge in [-0.15, -0.1) is 0 Å². The summed E-state index contributed by atoms with van der Waals surface area (Å²) in [4.78, 5) is 23.4. The van der Waals surface area contributed by atoms with Crippen LogP contribution in [-0.4, -0.2) is 18.5 Å². The number of esters is 1. The number of aromatic nitrogens is 1. The number of nitrogens with zero attached hydrogens (tertiary/aromatic N) is 1. The minimum Gasteiger partial charge on any atom is -0.618 e. The van der Waals surface area contributed by atoms with Crippen molar-refractivity contribution < 1.29 is 27.8 Å². The number of rotatable bonds is 5. The van der Waals surface area contributed by atoms with Crippen LogP contribution >= 0.6 is 0 Å². The highest BCUT2D eigenvalue weighted by Gasteiger charge is 2.19. The first-order valence-electron chi connectivity index (χ1n) is 6.98. The van der Waals surface area contributed by atoms with Gasteiger partial charge in [0.15, 0.2) is 12.8 Å². The molecule has 2 aromatic rings.